The molecule has 8 heteroatoms. The number of nitrogens with zero attached hydrogens (tertiary/aromatic N) is 1. The third-order valence-corrected chi connectivity index (χ3v) is 9.11. The zero-order chi connectivity index (χ0) is 26.2. The lowest BCUT2D eigenvalue weighted by Crippen LogP contribution is -2.64. The lowest BCUT2D eigenvalue weighted by atomic mass is 9.69. The van der Waals surface area contributed by atoms with Crippen LogP contribution in [-0.4, -0.2) is 55.4 Å². The van der Waals surface area contributed by atoms with Crippen molar-refractivity contribution >= 4 is 34.2 Å². The van der Waals surface area contributed by atoms with Crippen molar-refractivity contribution in [3.8, 4) is 5.75 Å². The summed E-state index contributed by atoms with van der Waals surface area (Å²) < 4.78 is 18.0. The average molecular weight is 619 g/mol. The molecule has 37 heavy (non-hydrogen) atoms. The van der Waals surface area contributed by atoms with Crippen LogP contribution in [-0.2, 0) is 26.5 Å². The predicted octanol–water partition coefficient (Wildman–Crippen LogP) is 4.68. The van der Waals surface area contributed by atoms with E-state index in [1.165, 1.54) is 7.11 Å². The fraction of sp³-hybridized carbons (Fsp3) is 0.483. The molecule has 0 amide bonds. The average Bonchev–Trinajstić information content (AvgIpc) is 3.24. The molecular formula is C29H35IN2O5. The number of aliphatic hydroxyl groups is 1. The molecule has 2 saturated heterocycles. The van der Waals surface area contributed by atoms with Gasteiger partial charge in [-0.2, -0.15) is 0 Å². The first-order valence-electron chi connectivity index (χ1n) is 12.9. The zero-order valence-electron chi connectivity index (χ0n) is 21.6. The van der Waals surface area contributed by atoms with E-state index in [4.69, 9.17) is 14.2 Å². The molecule has 198 valence electrons. The second kappa shape index (κ2) is 10.8. The van der Waals surface area contributed by atoms with Crippen molar-refractivity contribution in [2.45, 2.75) is 50.5 Å². The van der Waals surface area contributed by atoms with Gasteiger partial charge >= 0.3 is 5.97 Å². The molecule has 0 aliphatic carbocycles. The van der Waals surface area contributed by atoms with E-state index in [0.717, 1.165) is 46.3 Å². The predicted molar refractivity (Wildman–Crippen MR) is 150 cm³/mol. The molecule has 2 aromatic rings. The molecule has 0 saturated carbocycles. The Balaban J connectivity index is 1.42. The number of benzene rings is 2. The van der Waals surface area contributed by atoms with E-state index in [2.05, 4.69) is 39.7 Å². The first kappa shape index (κ1) is 26.3. The van der Waals surface area contributed by atoms with Gasteiger partial charge in [0, 0.05) is 28.4 Å². The number of fused-ring (bicyclic) bond motifs is 5. The van der Waals surface area contributed by atoms with Crippen LogP contribution in [0.4, 0.5) is 5.69 Å². The van der Waals surface area contributed by atoms with Gasteiger partial charge in [-0.25, -0.2) is 4.79 Å². The topological polar surface area (TPSA) is 80.3 Å². The van der Waals surface area contributed by atoms with Gasteiger partial charge in [0.25, 0.3) is 0 Å². The molecule has 0 radical (unpaired) electrons. The smallest absolute Gasteiger partial charge is 0.337 e. The second-order valence-corrected chi connectivity index (χ2v) is 11.5. The fourth-order valence-electron chi connectivity index (χ4n) is 6.50. The number of halogens is 1. The highest BCUT2D eigenvalue weighted by molar-refractivity contribution is 14.1. The van der Waals surface area contributed by atoms with Gasteiger partial charge in [-0.3, -0.25) is 4.90 Å². The van der Waals surface area contributed by atoms with E-state index in [9.17, 15) is 9.90 Å². The van der Waals surface area contributed by atoms with Crippen LogP contribution in [0.1, 0.15) is 37.3 Å². The molecule has 2 N–H and O–H groups in total. The van der Waals surface area contributed by atoms with Crippen molar-refractivity contribution in [1.82, 2.24) is 4.90 Å². The van der Waals surface area contributed by atoms with Gasteiger partial charge in [-0.1, -0.05) is 31.5 Å². The molecule has 5 atom stereocenters. The molecule has 0 bridgehead atoms. The summed E-state index contributed by atoms with van der Waals surface area (Å²) in [6.07, 6.45) is 3.91. The summed E-state index contributed by atoms with van der Waals surface area (Å²) in [5.74, 6) is 0.606. The number of ether oxygens (including phenoxy) is 3. The van der Waals surface area contributed by atoms with Crippen LogP contribution in [0.2, 0.25) is 0 Å². The molecule has 3 heterocycles. The van der Waals surface area contributed by atoms with Gasteiger partial charge in [0.05, 0.1) is 37.7 Å². The van der Waals surface area contributed by atoms with Crippen molar-refractivity contribution in [2.24, 2.45) is 11.8 Å². The van der Waals surface area contributed by atoms with Gasteiger partial charge in [0.2, 0.25) is 0 Å². The van der Waals surface area contributed by atoms with Crippen LogP contribution in [0, 0.1) is 15.4 Å². The molecule has 5 rings (SSSR count). The van der Waals surface area contributed by atoms with Crippen molar-refractivity contribution in [2.75, 3.05) is 32.6 Å². The van der Waals surface area contributed by atoms with Crippen molar-refractivity contribution < 1.29 is 24.1 Å². The van der Waals surface area contributed by atoms with Gasteiger partial charge < -0.3 is 24.6 Å². The summed E-state index contributed by atoms with van der Waals surface area (Å²) in [5, 5.41) is 15.6. The number of carbonyl (C=O) groups is 1. The maximum atomic E-state index is 13.0. The Hall–Kier alpha value is -2.30. The van der Waals surface area contributed by atoms with Crippen LogP contribution < -0.4 is 10.1 Å². The van der Waals surface area contributed by atoms with Crippen LogP contribution in [0.25, 0.3) is 0 Å². The lowest BCUT2D eigenvalue weighted by Gasteiger charge is -2.53. The Kier molecular flexibility index (Phi) is 7.70. The molecule has 2 fully saturated rings. The Labute approximate surface area is 232 Å². The molecule has 3 aliphatic rings. The van der Waals surface area contributed by atoms with Crippen molar-refractivity contribution in [3.05, 3.63) is 69.0 Å². The number of anilines is 1. The third kappa shape index (κ3) is 4.83. The normalized spacial score (nSPS) is 28.9. The number of rotatable bonds is 7. The molecule has 0 aromatic heterocycles. The summed E-state index contributed by atoms with van der Waals surface area (Å²) in [4.78, 5) is 15.5. The SMILES string of the molecule is CC[C@@H]1CN2CC[C@]3(O)c4c(cccc4OC)N[C@@H]3[C@@H]2C[C@@H]1/C(=C\OCc1ccc(I)cc1)C(=O)OC. The Morgan fingerprint density at radius 1 is 1.24 bits per heavy atom. The Morgan fingerprint density at radius 2 is 2.03 bits per heavy atom. The highest BCUT2D eigenvalue weighted by Crippen LogP contribution is 2.52. The molecular weight excluding hydrogens is 583 g/mol. The molecule has 0 spiro atoms. The minimum Gasteiger partial charge on any atom is -0.496 e. The number of hydrogen-bond donors (Lipinski definition) is 2. The Morgan fingerprint density at radius 3 is 2.73 bits per heavy atom. The minimum absolute atomic E-state index is 0.0369. The summed E-state index contributed by atoms with van der Waals surface area (Å²) in [6.45, 7) is 4.21. The summed E-state index contributed by atoms with van der Waals surface area (Å²) in [7, 11) is 3.07. The first-order valence-corrected chi connectivity index (χ1v) is 14.0. The molecule has 2 aromatic carbocycles. The summed E-state index contributed by atoms with van der Waals surface area (Å²) >= 11 is 2.28. The van der Waals surface area contributed by atoms with Crippen LogP contribution >= 0.6 is 22.6 Å². The maximum absolute atomic E-state index is 13.0. The number of piperidine rings is 2. The third-order valence-electron chi connectivity index (χ3n) is 8.39. The van der Waals surface area contributed by atoms with E-state index in [1.807, 2.05) is 42.5 Å². The summed E-state index contributed by atoms with van der Waals surface area (Å²) in [6, 6.07) is 13.9. The first-order chi connectivity index (χ1) is 17.9. The zero-order valence-corrected chi connectivity index (χ0v) is 23.7. The van der Waals surface area contributed by atoms with E-state index in [1.54, 1.807) is 13.4 Å². The van der Waals surface area contributed by atoms with Gasteiger partial charge in [-0.15, -0.1) is 0 Å². The molecule has 3 aliphatic heterocycles. The van der Waals surface area contributed by atoms with Gasteiger partial charge in [0.1, 0.15) is 18.0 Å². The number of carbonyl (C=O) groups excluding carboxylic acids is 1. The van der Waals surface area contributed by atoms with Gasteiger partial charge in [0.15, 0.2) is 0 Å². The maximum Gasteiger partial charge on any atom is 0.337 e. The van der Waals surface area contributed by atoms with E-state index in [-0.39, 0.29) is 29.9 Å². The lowest BCUT2D eigenvalue weighted by molar-refractivity contribution is -0.138. The monoisotopic (exact) mass is 618 g/mol. The molecule has 7 nitrogen and oxygen atoms in total. The fourth-order valence-corrected chi connectivity index (χ4v) is 6.86. The van der Waals surface area contributed by atoms with E-state index >= 15 is 0 Å². The van der Waals surface area contributed by atoms with Gasteiger partial charge in [-0.05, 0) is 77.1 Å². The highest BCUT2D eigenvalue weighted by Gasteiger charge is 2.57. The number of methoxy groups -OCH3 is 2. The van der Waals surface area contributed by atoms with Crippen LogP contribution in [0.3, 0.4) is 0 Å². The second-order valence-electron chi connectivity index (χ2n) is 10.3. The number of esters is 1. The largest absolute Gasteiger partial charge is 0.496 e. The van der Waals surface area contributed by atoms with E-state index in [0.29, 0.717) is 24.4 Å². The standard InChI is InChI=1S/C29H35IN2O5/c1-4-19-15-32-13-12-29(34)26-23(6-5-7-25(26)35-2)31-27(29)24(32)14-21(19)22(28(33)36-3)17-37-16-18-8-10-20(30)11-9-18/h5-11,17,19,21,24,27,31,34H,4,12-16H2,1-3H3/b22-17+/t19-,21+,24+,27-,29+/m1/s1. The van der Waals surface area contributed by atoms with Crippen LogP contribution in [0.15, 0.2) is 54.3 Å². The minimum atomic E-state index is -1.02. The summed E-state index contributed by atoms with van der Waals surface area (Å²) in [5.41, 5.74) is 2.36. The highest BCUT2D eigenvalue weighted by atomic mass is 127. The van der Waals surface area contributed by atoms with E-state index < -0.39 is 5.60 Å². The van der Waals surface area contributed by atoms with Crippen LogP contribution in [0.5, 0.6) is 5.75 Å². The number of nitrogens with one attached hydrogen (secondary N) is 1. The quantitative estimate of drug-likeness (QED) is 0.202. The Bertz CT molecular complexity index is 1170. The van der Waals surface area contributed by atoms with Crippen molar-refractivity contribution in [3.63, 3.8) is 0 Å². The van der Waals surface area contributed by atoms with Crippen molar-refractivity contribution in [1.29, 1.82) is 0 Å². The molecule has 0 unspecified atom stereocenters. The number of hydrogen-bond acceptors (Lipinski definition) is 7.